The van der Waals surface area contributed by atoms with Gasteiger partial charge in [0, 0.05) is 55.2 Å². The number of piperidine rings is 1. The molecule has 0 aromatic heterocycles. The van der Waals surface area contributed by atoms with Gasteiger partial charge in [-0.25, -0.2) is 0 Å². The summed E-state index contributed by atoms with van der Waals surface area (Å²) in [7, 11) is 0. The van der Waals surface area contributed by atoms with E-state index in [1.165, 1.54) is 0 Å². The van der Waals surface area contributed by atoms with Crippen LogP contribution in [0.1, 0.15) is 37.3 Å². The van der Waals surface area contributed by atoms with Gasteiger partial charge in [-0.05, 0) is 31.9 Å². The van der Waals surface area contributed by atoms with E-state index in [2.05, 4.69) is 30.3 Å². The first kappa shape index (κ1) is 21.4. The normalized spacial score (nSPS) is 21.8. The summed E-state index contributed by atoms with van der Waals surface area (Å²) in [5, 5.41) is 2.85. The first-order valence-corrected chi connectivity index (χ1v) is 11.2. The van der Waals surface area contributed by atoms with E-state index in [1.54, 1.807) is 0 Å². The number of nitrogens with zero attached hydrogens (tertiary/aromatic N) is 3. The Morgan fingerprint density at radius 2 is 2.00 bits per heavy atom. The summed E-state index contributed by atoms with van der Waals surface area (Å²) in [4.78, 5) is 31.5. The number of allylic oxidation sites excluding steroid dienone is 1. The summed E-state index contributed by atoms with van der Waals surface area (Å²) >= 11 is 0. The van der Waals surface area contributed by atoms with Crippen molar-refractivity contribution in [2.24, 2.45) is 0 Å². The fourth-order valence-corrected chi connectivity index (χ4v) is 4.68. The molecule has 0 spiro atoms. The standard InChI is InChI=1S/C24H32N4O3/c1-4-10-26-11-13-27(14-12-26)23(29)16-31-22-7-5-6-19-18(3)28(15-20(19)22)21-9-8-17(2)25-24(21)30/h5-7,21H,2-4,8-16H2,1H3,(H,25,30). The number of fused-ring (bicyclic) bond motifs is 1. The maximum absolute atomic E-state index is 12.7. The third-order valence-corrected chi connectivity index (χ3v) is 6.43. The van der Waals surface area contributed by atoms with Gasteiger partial charge in [0.05, 0.1) is 0 Å². The lowest BCUT2D eigenvalue weighted by atomic mass is 10.0. The molecule has 1 atom stereocenters. The molecule has 0 saturated carbocycles. The molecule has 0 radical (unpaired) electrons. The van der Waals surface area contributed by atoms with Crippen molar-refractivity contribution >= 4 is 17.5 Å². The van der Waals surface area contributed by atoms with Crippen LogP contribution in [0.2, 0.25) is 0 Å². The minimum atomic E-state index is -0.265. The molecule has 166 valence electrons. The van der Waals surface area contributed by atoms with Gasteiger partial charge < -0.3 is 19.9 Å². The first-order chi connectivity index (χ1) is 15.0. The van der Waals surface area contributed by atoms with Gasteiger partial charge in [-0.1, -0.05) is 32.2 Å². The van der Waals surface area contributed by atoms with Crippen LogP contribution in [-0.2, 0) is 16.1 Å². The SMILES string of the molecule is C=C1CCC(N2Cc3c(OCC(=O)N4CCN(CCC)CC4)cccc3C2=C)C(=O)N1. The zero-order valence-electron chi connectivity index (χ0n) is 18.4. The third kappa shape index (κ3) is 4.46. The smallest absolute Gasteiger partial charge is 0.260 e. The highest BCUT2D eigenvalue weighted by molar-refractivity contribution is 5.87. The van der Waals surface area contributed by atoms with Crippen LogP contribution in [0.4, 0.5) is 0 Å². The highest BCUT2D eigenvalue weighted by Crippen LogP contribution is 2.39. The van der Waals surface area contributed by atoms with Crippen molar-refractivity contribution in [2.75, 3.05) is 39.3 Å². The van der Waals surface area contributed by atoms with Gasteiger partial charge in [0.2, 0.25) is 5.91 Å². The number of carbonyl (C=O) groups excluding carboxylic acids is 2. The van der Waals surface area contributed by atoms with E-state index in [-0.39, 0.29) is 24.5 Å². The molecule has 31 heavy (non-hydrogen) atoms. The maximum atomic E-state index is 12.7. The van der Waals surface area contributed by atoms with Crippen molar-refractivity contribution in [1.82, 2.24) is 20.0 Å². The van der Waals surface area contributed by atoms with Crippen molar-refractivity contribution in [3.05, 3.63) is 48.2 Å². The second-order valence-corrected chi connectivity index (χ2v) is 8.52. The lowest BCUT2D eigenvalue weighted by molar-refractivity contribution is -0.135. The van der Waals surface area contributed by atoms with Crippen molar-refractivity contribution in [1.29, 1.82) is 0 Å². The minimum absolute atomic E-state index is 0.0209. The van der Waals surface area contributed by atoms with Gasteiger partial charge in [-0.3, -0.25) is 14.5 Å². The predicted molar refractivity (Wildman–Crippen MR) is 120 cm³/mol. The predicted octanol–water partition coefficient (Wildman–Crippen LogP) is 2.20. The number of hydrogen-bond acceptors (Lipinski definition) is 5. The van der Waals surface area contributed by atoms with Crippen LogP contribution in [0.15, 0.2) is 37.1 Å². The summed E-state index contributed by atoms with van der Waals surface area (Å²) in [6.45, 7) is 15.3. The molecule has 3 heterocycles. The van der Waals surface area contributed by atoms with Crippen molar-refractivity contribution in [3.63, 3.8) is 0 Å². The van der Waals surface area contributed by atoms with E-state index in [9.17, 15) is 9.59 Å². The van der Waals surface area contributed by atoms with Crippen LogP contribution in [0.5, 0.6) is 5.75 Å². The number of benzene rings is 1. The molecule has 1 N–H and O–H groups in total. The van der Waals surface area contributed by atoms with Crippen LogP contribution in [0.3, 0.4) is 0 Å². The molecule has 7 nitrogen and oxygen atoms in total. The fraction of sp³-hybridized carbons (Fsp3) is 0.500. The molecule has 0 bridgehead atoms. The van der Waals surface area contributed by atoms with Gasteiger partial charge in [-0.15, -0.1) is 0 Å². The fourth-order valence-electron chi connectivity index (χ4n) is 4.68. The molecular formula is C24H32N4O3. The molecule has 7 heteroatoms. The Hall–Kier alpha value is -2.80. The first-order valence-electron chi connectivity index (χ1n) is 11.2. The van der Waals surface area contributed by atoms with E-state index in [0.717, 1.165) is 74.5 Å². The summed E-state index contributed by atoms with van der Waals surface area (Å²) in [6, 6.07) is 5.54. The zero-order valence-corrected chi connectivity index (χ0v) is 18.4. The molecule has 2 saturated heterocycles. The van der Waals surface area contributed by atoms with Crippen molar-refractivity contribution in [3.8, 4) is 5.75 Å². The molecule has 1 unspecified atom stereocenters. The lowest BCUT2D eigenvalue weighted by Gasteiger charge is -2.34. The Balaban J connectivity index is 1.38. The number of hydrogen-bond donors (Lipinski definition) is 1. The second-order valence-electron chi connectivity index (χ2n) is 8.52. The summed E-state index contributed by atoms with van der Waals surface area (Å²) in [5.41, 5.74) is 3.56. The third-order valence-electron chi connectivity index (χ3n) is 6.43. The van der Waals surface area contributed by atoms with E-state index < -0.39 is 0 Å². The molecule has 2 fully saturated rings. The molecule has 3 aliphatic heterocycles. The topological polar surface area (TPSA) is 65.1 Å². The van der Waals surface area contributed by atoms with Crippen LogP contribution < -0.4 is 10.1 Å². The minimum Gasteiger partial charge on any atom is -0.483 e. The maximum Gasteiger partial charge on any atom is 0.260 e. The largest absolute Gasteiger partial charge is 0.483 e. The summed E-state index contributed by atoms with van der Waals surface area (Å²) in [5.74, 6) is 0.678. The van der Waals surface area contributed by atoms with Gasteiger partial charge >= 0.3 is 0 Å². The molecule has 4 rings (SSSR count). The Kier molecular flexibility index (Phi) is 6.32. The Bertz CT molecular complexity index is 889. The van der Waals surface area contributed by atoms with E-state index in [4.69, 9.17) is 4.74 Å². The second kappa shape index (κ2) is 9.14. The van der Waals surface area contributed by atoms with Crippen LogP contribution in [-0.4, -0.2) is 71.9 Å². The number of amides is 2. The average molecular weight is 425 g/mol. The Morgan fingerprint density at radius 3 is 2.71 bits per heavy atom. The highest BCUT2D eigenvalue weighted by Gasteiger charge is 2.36. The number of carbonyl (C=O) groups is 2. The summed E-state index contributed by atoms with van der Waals surface area (Å²) < 4.78 is 5.98. The van der Waals surface area contributed by atoms with Crippen molar-refractivity contribution in [2.45, 2.75) is 38.8 Å². The number of nitrogens with one attached hydrogen (secondary N) is 1. The molecule has 1 aromatic rings. The van der Waals surface area contributed by atoms with E-state index >= 15 is 0 Å². The molecule has 3 aliphatic rings. The van der Waals surface area contributed by atoms with Gasteiger partial charge in [0.25, 0.3) is 5.91 Å². The van der Waals surface area contributed by atoms with Gasteiger partial charge in [-0.2, -0.15) is 0 Å². The van der Waals surface area contributed by atoms with Crippen LogP contribution >= 0.6 is 0 Å². The average Bonchev–Trinajstić information content (AvgIpc) is 3.10. The zero-order chi connectivity index (χ0) is 22.0. The highest BCUT2D eigenvalue weighted by atomic mass is 16.5. The Labute approximate surface area is 184 Å². The quantitative estimate of drug-likeness (QED) is 0.759. The van der Waals surface area contributed by atoms with Crippen LogP contribution in [0.25, 0.3) is 5.70 Å². The summed E-state index contributed by atoms with van der Waals surface area (Å²) in [6.07, 6.45) is 2.62. The number of ether oxygens (including phenoxy) is 1. The number of piperazine rings is 1. The molecule has 1 aromatic carbocycles. The molecule has 2 amide bonds. The molecular weight excluding hydrogens is 392 g/mol. The monoisotopic (exact) mass is 424 g/mol. The van der Waals surface area contributed by atoms with E-state index in [1.807, 2.05) is 28.0 Å². The lowest BCUT2D eigenvalue weighted by Crippen LogP contribution is -2.50. The van der Waals surface area contributed by atoms with Gasteiger partial charge in [0.1, 0.15) is 11.8 Å². The van der Waals surface area contributed by atoms with Gasteiger partial charge in [0.15, 0.2) is 6.61 Å². The molecule has 0 aliphatic carbocycles. The van der Waals surface area contributed by atoms with Crippen molar-refractivity contribution < 1.29 is 14.3 Å². The Morgan fingerprint density at radius 1 is 1.23 bits per heavy atom. The number of rotatable bonds is 6. The van der Waals surface area contributed by atoms with E-state index in [0.29, 0.717) is 12.3 Å². The van der Waals surface area contributed by atoms with Crippen LogP contribution in [0, 0.1) is 0 Å².